The molecule has 1 fully saturated rings. The number of piperazine rings is 1. The minimum atomic E-state index is 0.00955. The Balaban J connectivity index is 1.59. The highest BCUT2D eigenvalue weighted by Crippen LogP contribution is 2.28. The number of ether oxygens (including phenoxy) is 2. The van der Waals surface area contributed by atoms with Crippen LogP contribution in [0.4, 0.5) is 0 Å². The van der Waals surface area contributed by atoms with Crippen molar-refractivity contribution in [2.75, 3.05) is 46.4 Å². The summed E-state index contributed by atoms with van der Waals surface area (Å²) < 4.78 is 12.9. The molecule has 1 aromatic carbocycles. The fraction of sp³-hybridized carbons (Fsp3) is 0.474. The first-order valence-corrected chi connectivity index (χ1v) is 9.11. The van der Waals surface area contributed by atoms with Crippen molar-refractivity contribution in [1.29, 1.82) is 0 Å². The first-order chi connectivity index (χ1) is 13.1. The summed E-state index contributed by atoms with van der Waals surface area (Å²) in [6, 6.07) is 5.27. The second kappa shape index (κ2) is 8.88. The Morgan fingerprint density at radius 2 is 2.00 bits per heavy atom. The van der Waals surface area contributed by atoms with Gasteiger partial charge in [-0.15, -0.1) is 0 Å². The lowest BCUT2D eigenvalue weighted by molar-refractivity contribution is 0.0624. The van der Waals surface area contributed by atoms with Gasteiger partial charge in [-0.25, -0.2) is 4.98 Å². The van der Waals surface area contributed by atoms with E-state index in [0.717, 1.165) is 25.5 Å². The molecule has 2 aromatic rings. The molecule has 0 atom stereocenters. The summed E-state index contributed by atoms with van der Waals surface area (Å²) in [6.07, 6.45) is 3.76. The molecule has 1 aliphatic rings. The average molecular weight is 373 g/mol. The molecular formula is C19H27N5O3. The highest BCUT2D eigenvalue weighted by atomic mass is 16.5. The number of nitrogens with zero attached hydrogens (tertiary/aromatic N) is 4. The second-order valence-corrected chi connectivity index (χ2v) is 6.53. The van der Waals surface area contributed by atoms with Gasteiger partial charge in [0, 0.05) is 57.7 Å². The molecule has 1 aliphatic heterocycles. The fourth-order valence-electron chi connectivity index (χ4n) is 3.13. The molecule has 0 aliphatic carbocycles. The maximum Gasteiger partial charge on any atom is 0.254 e. The number of aryl methyl sites for hydroxylation is 1. The van der Waals surface area contributed by atoms with Crippen LogP contribution in [0.5, 0.6) is 11.5 Å². The van der Waals surface area contributed by atoms with Gasteiger partial charge in [0.1, 0.15) is 12.4 Å². The number of methoxy groups -OCH3 is 1. The van der Waals surface area contributed by atoms with E-state index in [4.69, 9.17) is 15.2 Å². The van der Waals surface area contributed by atoms with Crippen molar-refractivity contribution in [3.8, 4) is 11.5 Å². The van der Waals surface area contributed by atoms with Gasteiger partial charge in [0.2, 0.25) is 0 Å². The molecule has 2 heterocycles. The fourth-order valence-corrected chi connectivity index (χ4v) is 3.13. The molecule has 0 spiro atoms. The Labute approximate surface area is 159 Å². The van der Waals surface area contributed by atoms with Gasteiger partial charge < -0.3 is 24.7 Å². The van der Waals surface area contributed by atoms with Gasteiger partial charge in [0.05, 0.1) is 13.7 Å². The molecule has 27 heavy (non-hydrogen) atoms. The molecular weight excluding hydrogens is 346 g/mol. The Hall–Kier alpha value is -2.58. The van der Waals surface area contributed by atoms with Crippen LogP contribution in [-0.4, -0.2) is 71.7 Å². The topological polar surface area (TPSA) is 85.8 Å². The molecule has 0 bridgehead atoms. The summed E-state index contributed by atoms with van der Waals surface area (Å²) in [6.45, 7) is 4.66. The number of amides is 1. The molecule has 3 rings (SSSR count). The van der Waals surface area contributed by atoms with Crippen LogP contribution in [0, 0.1) is 0 Å². The monoisotopic (exact) mass is 373 g/mol. The predicted octanol–water partition coefficient (Wildman–Crippen LogP) is 0.724. The van der Waals surface area contributed by atoms with Crippen molar-refractivity contribution in [3.63, 3.8) is 0 Å². The van der Waals surface area contributed by atoms with Crippen molar-refractivity contribution in [2.24, 2.45) is 12.8 Å². The summed E-state index contributed by atoms with van der Waals surface area (Å²) in [7, 11) is 3.56. The molecule has 0 unspecified atom stereocenters. The molecule has 1 saturated heterocycles. The summed E-state index contributed by atoms with van der Waals surface area (Å²) >= 11 is 0. The maximum absolute atomic E-state index is 12.8. The summed E-state index contributed by atoms with van der Waals surface area (Å²) in [5.41, 5.74) is 6.07. The second-order valence-electron chi connectivity index (χ2n) is 6.53. The Morgan fingerprint density at radius 3 is 2.63 bits per heavy atom. The number of hydrogen-bond donors (Lipinski definition) is 1. The van der Waals surface area contributed by atoms with E-state index in [1.165, 1.54) is 0 Å². The van der Waals surface area contributed by atoms with Crippen molar-refractivity contribution in [2.45, 2.75) is 6.54 Å². The number of rotatable bonds is 7. The SMILES string of the molecule is COc1cc(C(=O)N2CCN(Cc3nccn3C)CC2)ccc1OCCN. The van der Waals surface area contributed by atoms with Crippen molar-refractivity contribution in [3.05, 3.63) is 42.0 Å². The van der Waals surface area contributed by atoms with Crippen LogP contribution in [0.3, 0.4) is 0 Å². The van der Waals surface area contributed by atoms with E-state index in [1.54, 1.807) is 25.3 Å². The number of carbonyl (C=O) groups is 1. The van der Waals surface area contributed by atoms with Gasteiger partial charge in [0.15, 0.2) is 11.5 Å². The predicted molar refractivity (Wildman–Crippen MR) is 102 cm³/mol. The van der Waals surface area contributed by atoms with Crippen LogP contribution in [0.25, 0.3) is 0 Å². The molecule has 8 heteroatoms. The number of hydrogen-bond acceptors (Lipinski definition) is 6. The molecule has 146 valence electrons. The van der Waals surface area contributed by atoms with E-state index in [2.05, 4.69) is 9.88 Å². The quantitative estimate of drug-likeness (QED) is 0.770. The van der Waals surface area contributed by atoms with Crippen molar-refractivity contribution in [1.82, 2.24) is 19.4 Å². The number of benzene rings is 1. The van der Waals surface area contributed by atoms with Crippen LogP contribution in [0.15, 0.2) is 30.6 Å². The zero-order valence-corrected chi connectivity index (χ0v) is 15.9. The van der Waals surface area contributed by atoms with E-state index in [1.807, 2.05) is 28.9 Å². The zero-order chi connectivity index (χ0) is 19.2. The van der Waals surface area contributed by atoms with Crippen LogP contribution in [0.1, 0.15) is 16.2 Å². The maximum atomic E-state index is 12.8. The standard InChI is InChI=1S/C19H27N5O3/c1-22-7-6-21-18(22)14-23-8-10-24(11-9-23)19(25)15-3-4-16(27-12-5-20)17(13-15)26-2/h3-4,6-7,13H,5,8-12,14,20H2,1-2H3. The minimum absolute atomic E-state index is 0.00955. The number of imidazole rings is 1. The summed E-state index contributed by atoms with van der Waals surface area (Å²) in [5.74, 6) is 2.19. The summed E-state index contributed by atoms with van der Waals surface area (Å²) in [5, 5.41) is 0. The molecule has 2 N–H and O–H groups in total. The van der Waals surface area contributed by atoms with Gasteiger partial charge in [-0.3, -0.25) is 9.69 Å². The Bertz CT molecular complexity index is 768. The van der Waals surface area contributed by atoms with Gasteiger partial charge >= 0.3 is 0 Å². The third kappa shape index (κ3) is 4.58. The number of aromatic nitrogens is 2. The summed E-state index contributed by atoms with van der Waals surface area (Å²) in [4.78, 5) is 21.4. The number of nitrogens with two attached hydrogens (primary N) is 1. The Morgan fingerprint density at radius 1 is 1.22 bits per heavy atom. The minimum Gasteiger partial charge on any atom is -0.493 e. The zero-order valence-electron chi connectivity index (χ0n) is 15.9. The van der Waals surface area contributed by atoms with Gasteiger partial charge in [-0.05, 0) is 18.2 Å². The lowest BCUT2D eigenvalue weighted by Crippen LogP contribution is -2.48. The lowest BCUT2D eigenvalue weighted by atomic mass is 10.1. The van der Waals surface area contributed by atoms with Crippen LogP contribution >= 0.6 is 0 Å². The Kier molecular flexibility index (Phi) is 6.31. The molecule has 0 radical (unpaired) electrons. The number of carbonyl (C=O) groups excluding carboxylic acids is 1. The highest BCUT2D eigenvalue weighted by molar-refractivity contribution is 5.95. The molecule has 8 nitrogen and oxygen atoms in total. The van der Waals surface area contributed by atoms with Crippen LogP contribution in [0.2, 0.25) is 0 Å². The third-order valence-corrected chi connectivity index (χ3v) is 4.73. The van der Waals surface area contributed by atoms with E-state index in [-0.39, 0.29) is 5.91 Å². The normalized spacial score (nSPS) is 15.0. The van der Waals surface area contributed by atoms with Gasteiger partial charge in [-0.2, -0.15) is 0 Å². The average Bonchev–Trinajstić information content (AvgIpc) is 3.10. The van der Waals surface area contributed by atoms with Gasteiger partial charge in [0.25, 0.3) is 5.91 Å². The molecule has 1 aromatic heterocycles. The van der Waals surface area contributed by atoms with Crippen LogP contribution in [-0.2, 0) is 13.6 Å². The first kappa shape index (κ1) is 19.2. The molecule has 0 saturated carbocycles. The lowest BCUT2D eigenvalue weighted by Gasteiger charge is -2.34. The highest BCUT2D eigenvalue weighted by Gasteiger charge is 2.23. The first-order valence-electron chi connectivity index (χ1n) is 9.11. The smallest absolute Gasteiger partial charge is 0.254 e. The van der Waals surface area contributed by atoms with Crippen molar-refractivity contribution < 1.29 is 14.3 Å². The van der Waals surface area contributed by atoms with Crippen molar-refractivity contribution >= 4 is 5.91 Å². The largest absolute Gasteiger partial charge is 0.493 e. The molecule has 1 amide bonds. The van der Waals surface area contributed by atoms with E-state index in [0.29, 0.717) is 43.3 Å². The van der Waals surface area contributed by atoms with E-state index < -0.39 is 0 Å². The van der Waals surface area contributed by atoms with Crippen LogP contribution < -0.4 is 15.2 Å². The third-order valence-electron chi connectivity index (χ3n) is 4.73. The van der Waals surface area contributed by atoms with Gasteiger partial charge in [-0.1, -0.05) is 0 Å². The van der Waals surface area contributed by atoms with E-state index in [9.17, 15) is 4.79 Å². The van der Waals surface area contributed by atoms with E-state index >= 15 is 0 Å².